The average molecular weight is 309 g/mol. The van der Waals surface area contributed by atoms with Crippen molar-refractivity contribution in [1.29, 1.82) is 0 Å². The summed E-state index contributed by atoms with van der Waals surface area (Å²) >= 11 is 0. The lowest BCUT2D eigenvalue weighted by molar-refractivity contribution is -0.0244. The monoisotopic (exact) mass is 309 g/mol. The predicted octanol–water partition coefficient (Wildman–Crippen LogP) is 2.23. The molecular weight excluding hydrogens is 278 g/mol. The predicted molar refractivity (Wildman–Crippen MR) is 87.9 cm³/mol. The molecule has 1 N–H and O–H groups in total. The Balaban J connectivity index is 1.57. The summed E-state index contributed by atoms with van der Waals surface area (Å²) in [5.41, 5.74) is -0.0615. The van der Waals surface area contributed by atoms with Crippen molar-refractivity contribution in [3.05, 3.63) is 0 Å². The highest BCUT2D eigenvalue weighted by molar-refractivity contribution is 5.82. The van der Waals surface area contributed by atoms with Crippen molar-refractivity contribution >= 4 is 5.90 Å². The van der Waals surface area contributed by atoms with E-state index in [9.17, 15) is 0 Å². The van der Waals surface area contributed by atoms with Gasteiger partial charge in [0.25, 0.3) is 0 Å². The quantitative estimate of drug-likeness (QED) is 0.865. The van der Waals surface area contributed by atoms with Gasteiger partial charge in [0.15, 0.2) is 6.61 Å². The molecule has 2 unspecified atom stereocenters. The van der Waals surface area contributed by atoms with Crippen molar-refractivity contribution in [2.75, 3.05) is 39.3 Å². The number of nitrogens with one attached hydrogen (secondary N) is 1. The lowest BCUT2D eigenvalue weighted by Gasteiger charge is -2.40. The molecule has 2 saturated heterocycles. The molecule has 0 spiro atoms. The van der Waals surface area contributed by atoms with Crippen LogP contribution in [0.15, 0.2) is 5.16 Å². The van der Waals surface area contributed by atoms with Gasteiger partial charge >= 0.3 is 0 Å². The van der Waals surface area contributed by atoms with Crippen molar-refractivity contribution in [1.82, 2.24) is 10.2 Å². The van der Waals surface area contributed by atoms with Gasteiger partial charge in [0, 0.05) is 12.0 Å². The molecule has 3 aliphatic heterocycles. The van der Waals surface area contributed by atoms with Crippen LogP contribution in [0.25, 0.3) is 0 Å². The van der Waals surface area contributed by atoms with E-state index in [1.54, 1.807) is 0 Å². The number of ether oxygens (including phenoxy) is 1. The Morgan fingerprint density at radius 2 is 2.05 bits per heavy atom. The van der Waals surface area contributed by atoms with Gasteiger partial charge in [-0.05, 0) is 57.8 Å². The summed E-state index contributed by atoms with van der Waals surface area (Å²) in [6.45, 7) is 10.6. The summed E-state index contributed by atoms with van der Waals surface area (Å²) in [4.78, 5) is 8.04. The number of hydrogen-bond donors (Lipinski definition) is 1. The van der Waals surface area contributed by atoms with Crippen LogP contribution in [0.2, 0.25) is 0 Å². The molecule has 3 rings (SSSR count). The van der Waals surface area contributed by atoms with Crippen LogP contribution in [0.5, 0.6) is 0 Å². The van der Waals surface area contributed by atoms with Crippen LogP contribution >= 0.6 is 0 Å². The average Bonchev–Trinajstić information content (AvgIpc) is 2.57. The molecule has 0 amide bonds. The molecule has 3 heterocycles. The van der Waals surface area contributed by atoms with Crippen molar-refractivity contribution in [2.45, 2.75) is 52.1 Å². The van der Waals surface area contributed by atoms with Crippen molar-refractivity contribution in [3.63, 3.8) is 0 Å². The maximum absolute atomic E-state index is 6.26. The van der Waals surface area contributed by atoms with Gasteiger partial charge in [-0.25, -0.2) is 0 Å². The first kappa shape index (κ1) is 16.1. The summed E-state index contributed by atoms with van der Waals surface area (Å²) in [7, 11) is 0. The van der Waals surface area contributed by atoms with Gasteiger partial charge in [0.1, 0.15) is 6.10 Å². The fourth-order valence-corrected chi connectivity index (χ4v) is 3.82. The normalized spacial score (nSPS) is 31.1. The minimum Gasteiger partial charge on any atom is -0.470 e. The van der Waals surface area contributed by atoms with E-state index in [0.29, 0.717) is 12.5 Å². The molecule has 2 fully saturated rings. The molecule has 0 bridgehead atoms. The Hall–Kier alpha value is -0.810. The zero-order valence-corrected chi connectivity index (χ0v) is 14.1. The first-order valence-corrected chi connectivity index (χ1v) is 8.96. The summed E-state index contributed by atoms with van der Waals surface area (Å²) in [6, 6.07) is 0. The second kappa shape index (κ2) is 7.18. The standard InChI is InChI=1S/C17H31N3O2/c1-17(2,14-7-6-8-18-11-14)16-19-21-13-15(22-16)12-20-9-4-3-5-10-20/h14-15,18H,3-13H2,1-2H3. The highest BCUT2D eigenvalue weighted by atomic mass is 16.7. The van der Waals surface area contributed by atoms with E-state index in [4.69, 9.17) is 9.57 Å². The highest BCUT2D eigenvalue weighted by Gasteiger charge is 2.40. The minimum absolute atomic E-state index is 0.0615. The third-order valence-corrected chi connectivity index (χ3v) is 5.47. The number of hydrogen-bond acceptors (Lipinski definition) is 5. The third kappa shape index (κ3) is 3.74. The SMILES string of the molecule is CC(C)(C1=NOCC(CN2CCCCC2)O1)C1CCCNC1. The molecule has 0 saturated carbocycles. The van der Waals surface area contributed by atoms with E-state index in [0.717, 1.165) is 25.5 Å². The Labute approximate surface area is 134 Å². The van der Waals surface area contributed by atoms with Crippen LogP contribution in [-0.4, -0.2) is 56.2 Å². The first-order valence-electron chi connectivity index (χ1n) is 8.96. The molecule has 0 aromatic carbocycles. The number of likely N-dealkylation sites (tertiary alicyclic amines) is 1. The van der Waals surface area contributed by atoms with E-state index >= 15 is 0 Å². The van der Waals surface area contributed by atoms with Crippen molar-refractivity contribution in [2.24, 2.45) is 16.5 Å². The minimum atomic E-state index is -0.0615. The van der Waals surface area contributed by atoms with Crippen molar-refractivity contribution in [3.8, 4) is 0 Å². The summed E-state index contributed by atoms with van der Waals surface area (Å²) in [5.74, 6) is 1.37. The third-order valence-electron chi connectivity index (χ3n) is 5.47. The number of piperidine rings is 2. The maximum Gasteiger partial charge on any atom is 0.232 e. The molecular formula is C17H31N3O2. The lowest BCUT2D eigenvalue weighted by atomic mass is 9.74. The first-order chi connectivity index (χ1) is 10.7. The number of rotatable bonds is 4. The second-order valence-electron chi connectivity index (χ2n) is 7.56. The molecule has 3 aliphatic rings. The van der Waals surface area contributed by atoms with Gasteiger partial charge in [-0.1, -0.05) is 25.4 Å². The summed E-state index contributed by atoms with van der Waals surface area (Å²) in [5, 5.41) is 7.77. The van der Waals surface area contributed by atoms with E-state index in [1.807, 2.05) is 0 Å². The van der Waals surface area contributed by atoms with Gasteiger partial charge in [-0.15, -0.1) is 0 Å². The molecule has 0 aromatic rings. The van der Waals surface area contributed by atoms with E-state index in [2.05, 4.69) is 29.2 Å². The Bertz CT molecular complexity index is 385. The molecule has 22 heavy (non-hydrogen) atoms. The van der Waals surface area contributed by atoms with E-state index in [-0.39, 0.29) is 11.5 Å². The van der Waals surface area contributed by atoms with Crippen LogP contribution in [0.4, 0.5) is 0 Å². The van der Waals surface area contributed by atoms with Crippen LogP contribution < -0.4 is 5.32 Å². The van der Waals surface area contributed by atoms with Gasteiger partial charge < -0.3 is 14.9 Å². The van der Waals surface area contributed by atoms with E-state index < -0.39 is 0 Å². The molecule has 5 heteroatoms. The van der Waals surface area contributed by atoms with Crippen LogP contribution in [0.3, 0.4) is 0 Å². The zero-order chi connectivity index (χ0) is 15.4. The zero-order valence-electron chi connectivity index (χ0n) is 14.1. The maximum atomic E-state index is 6.26. The summed E-state index contributed by atoms with van der Waals surface area (Å²) < 4.78 is 6.26. The summed E-state index contributed by atoms with van der Waals surface area (Å²) in [6.07, 6.45) is 6.59. The second-order valence-corrected chi connectivity index (χ2v) is 7.56. The topological polar surface area (TPSA) is 46.1 Å². The largest absolute Gasteiger partial charge is 0.470 e. The van der Waals surface area contributed by atoms with Crippen LogP contribution in [0, 0.1) is 11.3 Å². The molecule has 2 atom stereocenters. The molecule has 0 aliphatic carbocycles. The van der Waals surface area contributed by atoms with Gasteiger partial charge in [-0.2, -0.15) is 0 Å². The smallest absolute Gasteiger partial charge is 0.232 e. The molecule has 5 nitrogen and oxygen atoms in total. The Morgan fingerprint density at radius 3 is 2.77 bits per heavy atom. The van der Waals surface area contributed by atoms with Crippen LogP contribution in [-0.2, 0) is 9.57 Å². The molecule has 0 aromatic heterocycles. The Morgan fingerprint density at radius 1 is 1.23 bits per heavy atom. The lowest BCUT2D eigenvalue weighted by Crippen LogP contribution is -2.48. The van der Waals surface area contributed by atoms with Crippen LogP contribution in [0.1, 0.15) is 46.0 Å². The number of oxime groups is 1. The molecule has 0 radical (unpaired) electrons. The van der Waals surface area contributed by atoms with Gasteiger partial charge in [0.2, 0.25) is 5.90 Å². The fraction of sp³-hybridized carbons (Fsp3) is 0.941. The van der Waals surface area contributed by atoms with Gasteiger partial charge in [-0.3, -0.25) is 4.90 Å². The fourth-order valence-electron chi connectivity index (χ4n) is 3.82. The van der Waals surface area contributed by atoms with Gasteiger partial charge in [0.05, 0.1) is 0 Å². The van der Waals surface area contributed by atoms with Crippen molar-refractivity contribution < 1.29 is 9.57 Å². The number of nitrogens with zero attached hydrogens (tertiary/aromatic N) is 2. The Kier molecular flexibility index (Phi) is 5.24. The molecule has 126 valence electrons. The van der Waals surface area contributed by atoms with E-state index in [1.165, 1.54) is 45.2 Å². The highest BCUT2D eigenvalue weighted by Crippen LogP contribution is 2.35.